The second-order valence-electron chi connectivity index (χ2n) is 6.40. The number of likely N-dealkylation sites (tertiary alicyclic amines) is 1. The van der Waals surface area contributed by atoms with Crippen LogP contribution in [0.1, 0.15) is 18.0 Å². The van der Waals surface area contributed by atoms with E-state index in [1.54, 1.807) is 12.1 Å². The molecule has 2 aliphatic heterocycles. The van der Waals surface area contributed by atoms with E-state index in [9.17, 15) is 9.90 Å². The lowest BCUT2D eigenvalue weighted by Crippen LogP contribution is -2.49. The molecule has 1 unspecified atom stereocenters. The van der Waals surface area contributed by atoms with Gasteiger partial charge in [0, 0.05) is 43.9 Å². The van der Waals surface area contributed by atoms with Gasteiger partial charge in [0.2, 0.25) is 0 Å². The summed E-state index contributed by atoms with van der Waals surface area (Å²) in [7, 11) is 0. The number of aliphatic hydroxyl groups excluding tert-OH is 1. The normalized spacial score (nSPS) is 25.5. The zero-order valence-corrected chi connectivity index (χ0v) is 12.9. The summed E-state index contributed by atoms with van der Waals surface area (Å²) in [4.78, 5) is 14.3. The van der Waals surface area contributed by atoms with Gasteiger partial charge in [-0.25, -0.2) is 0 Å². The van der Waals surface area contributed by atoms with E-state index < -0.39 is 6.10 Å². The number of hydrogen-bond acceptors (Lipinski definition) is 4. The van der Waals surface area contributed by atoms with Crippen molar-refractivity contribution in [1.82, 2.24) is 9.47 Å². The highest BCUT2D eigenvalue weighted by Crippen LogP contribution is 2.34. The lowest BCUT2D eigenvalue weighted by Gasteiger charge is -2.43. The van der Waals surface area contributed by atoms with Crippen LogP contribution in [0.4, 0.5) is 0 Å². The third kappa shape index (κ3) is 3.32. The van der Waals surface area contributed by atoms with Crippen molar-refractivity contribution in [3.8, 4) is 0 Å². The first-order valence-electron chi connectivity index (χ1n) is 7.96. The summed E-state index contributed by atoms with van der Waals surface area (Å²) in [6.07, 6.45) is 2.35. The van der Waals surface area contributed by atoms with Gasteiger partial charge in [-0.2, -0.15) is 0 Å². The van der Waals surface area contributed by atoms with Crippen molar-refractivity contribution < 1.29 is 9.84 Å². The molecule has 3 heterocycles. The van der Waals surface area contributed by atoms with Crippen molar-refractivity contribution >= 4 is 0 Å². The SMILES string of the molecule is C=CCOCC(O)CN1C[C@H]2C[C@H](C1)c1cccc(=O)n1C2. The van der Waals surface area contributed by atoms with Crippen LogP contribution in [0, 0.1) is 5.92 Å². The van der Waals surface area contributed by atoms with Gasteiger partial charge in [-0.1, -0.05) is 12.1 Å². The minimum Gasteiger partial charge on any atom is -0.389 e. The molecule has 1 aromatic rings. The van der Waals surface area contributed by atoms with E-state index in [-0.39, 0.29) is 5.56 Å². The Morgan fingerprint density at radius 3 is 3.09 bits per heavy atom. The van der Waals surface area contributed by atoms with Crippen LogP contribution in [0.25, 0.3) is 0 Å². The van der Waals surface area contributed by atoms with Crippen LogP contribution in [0.3, 0.4) is 0 Å². The number of rotatable bonds is 6. The van der Waals surface area contributed by atoms with Crippen molar-refractivity contribution in [3.63, 3.8) is 0 Å². The second kappa shape index (κ2) is 6.77. The Morgan fingerprint density at radius 2 is 2.27 bits per heavy atom. The Kier molecular flexibility index (Phi) is 4.76. The standard InChI is InChI=1S/C17H24N2O3/c1-2-6-22-12-15(20)11-18-8-13-7-14(10-18)16-4-3-5-17(21)19(16)9-13/h2-5,13-15,20H,1,6-12H2/t13-,14-,15?/m1/s1. The number of hydrogen-bond donors (Lipinski definition) is 1. The van der Waals surface area contributed by atoms with E-state index >= 15 is 0 Å². The van der Waals surface area contributed by atoms with Crippen molar-refractivity contribution in [3.05, 3.63) is 46.9 Å². The third-order valence-corrected chi connectivity index (χ3v) is 4.57. The molecule has 3 atom stereocenters. The zero-order valence-electron chi connectivity index (χ0n) is 12.9. The molecule has 1 fully saturated rings. The highest BCUT2D eigenvalue weighted by atomic mass is 16.5. The molecule has 0 saturated carbocycles. The van der Waals surface area contributed by atoms with E-state index in [1.165, 1.54) is 0 Å². The van der Waals surface area contributed by atoms with Gasteiger partial charge in [0.25, 0.3) is 5.56 Å². The zero-order chi connectivity index (χ0) is 15.5. The van der Waals surface area contributed by atoms with Gasteiger partial charge < -0.3 is 14.4 Å². The van der Waals surface area contributed by atoms with Crippen molar-refractivity contribution in [2.24, 2.45) is 5.92 Å². The molecular formula is C17H24N2O3. The number of fused-ring (bicyclic) bond motifs is 4. The molecule has 0 spiro atoms. The summed E-state index contributed by atoms with van der Waals surface area (Å²) in [6, 6.07) is 5.56. The molecular weight excluding hydrogens is 280 g/mol. The maximum absolute atomic E-state index is 12.0. The van der Waals surface area contributed by atoms with Gasteiger partial charge >= 0.3 is 0 Å². The fourth-order valence-corrected chi connectivity index (χ4v) is 3.78. The molecule has 0 aromatic carbocycles. The van der Waals surface area contributed by atoms with Gasteiger partial charge in [0.05, 0.1) is 19.3 Å². The first-order valence-corrected chi connectivity index (χ1v) is 7.96. The molecule has 1 aromatic heterocycles. The van der Waals surface area contributed by atoms with Gasteiger partial charge in [0.1, 0.15) is 0 Å². The first-order chi connectivity index (χ1) is 10.7. The number of nitrogens with zero attached hydrogens (tertiary/aromatic N) is 2. The minimum absolute atomic E-state index is 0.110. The molecule has 120 valence electrons. The molecule has 0 aliphatic carbocycles. The summed E-state index contributed by atoms with van der Waals surface area (Å²) in [6.45, 7) is 7.67. The van der Waals surface area contributed by atoms with Gasteiger partial charge in [-0.05, 0) is 18.4 Å². The number of piperidine rings is 1. The summed E-state index contributed by atoms with van der Waals surface area (Å²) in [5.41, 5.74) is 1.25. The Bertz CT molecular complexity index is 584. The number of β-amino-alcohol motifs (C(OH)–C–C–N with tert-alkyl or cyclic N) is 1. The third-order valence-electron chi connectivity index (χ3n) is 4.57. The fourth-order valence-electron chi connectivity index (χ4n) is 3.78. The minimum atomic E-state index is -0.475. The second-order valence-corrected chi connectivity index (χ2v) is 6.40. The van der Waals surface area contributed by atoms with Crippen molar-refractivity contribution in [1.29, 1.82) is 0 Å². The molecule has 5 heteroatoms. The molecule has 1 saturated heterocycles. The number of ether oxygens (including phenoxy) is 1. The van der Waals surface area contributed by atoms with Crippen molar-refractivity contribution in [2.45, 2.75) is 25.0 Å². The largest absolute Gasteiger partial charge is 0.389 e. The van der Waals surface area contributed by atoms with E-state index in [2.05, 4.69) is 17.5 Å². The summed E-state index contributed by atoms with van der Waals surface area (Å²) >= 11 is 0. The van der Waals surface area contributed by atoms with Crippen LogP contribution >= 0.6 is 0 Å². The molecule has 22 heavy (non-hydrogen) atoms. The molecule has 2 aliphatic rings. The average Bonchev–Trinajstić information content (AvgIpc) is 2.48. The van der Waals surface area contributed by atoms with Crippen LogP contribution in [-0.4, -0.2) is 53.5 Å². The quantitative estimate of drug-likeness (QED) is 0.625. The summed E-state index contributed by atoms with van der Waals surface area (Å²) < 4.78 is 7.24. The maximum atomic E-state index is 12.0. The molecule has 0 amide bonds. The van der Waals surface area contributed by atoms with Crippen LogP contribution < -0.4 is 5.56 Å². The van der Waals surface area contributed by atoms with Crippen LogP contribution in [0.5, 0.6) is 0 Å². The van der Waals surface area contributed by atoms with E-state index in [1.807, 2.05) is 10.6 Å². The van der Waals surface area contributed by atoms with Crippen molar-refractivity contribution in [2.75, 3.05) is 32.8 Å². The van der Waals surface area contributed by atoms with Gasteiger partial charge in [-0.3, -0.25) is 9.69 Å². The van der Waals surface area contributed by atoms with Crippen LogP contribution in [-0.2, 0) is 11.3 Å². The Hall–Kier alpha value is -1.43. The highest BCUT2D eigenvalue weighted by Gasteiger charge is 2.34. The Labute approximate surface area is 130 Å². The molecule has 1 N–H and O–H groups in total. The lowest BCUT2D eigenvalue weighted by molar-refractivity contribution is 0.0100. The number of aliphatic hydroxyl groups is 1. The number of aromatic nitrogens is 1. The first kappa shape index (κ1) is 15.5. The number of pyridine rings is 1. The van der Waals surface area contributed by atoms with Gasteiger partial charge in [-0.15, -0.1) is 6.58 Å². The Morgan fingerprint density at radius 1 is 1.41 bits per heavy atom. The topological polar surface area (TPSA) is 54.7 Å². The van der Waals surface area contributed by atoms with E-state index in [0.717, 1.165) is 31.7 Å². The average molecular weight is 304 g/mol. The summed E-state index contributed by atoms with van der Waals surface area (Å²) in [5.74, 6) is 0.885. The molecule has 5 nitrogen and oxygen atoms in total. The lowest BCUT2D eigenvalue weighted by atomic mass is 9.83. The molecule has 3 rings (SSSR count). The predicted molar refractivity (Wildman–Crippen MR) is 85.0 cm³/mol. The predicted octanol–water partition coefficient (Wildman–Crippen LogP) is 0.831. The van der Waals surface area contributed by atoms with E-state index in [4.69, 9.17) is 4.74 Å². The fraction of sp³-hybridized carbons (Fsp3) is 0.588. The Balaban J connectivity index is 1.63. The van der Waals surface area contributed by atoms with Gasteiger partial charge in [0.15, 0.2) is 0 Å². The molecule has 0 radical (unpaired) electrons. The molecule has 2 bridgehead atoms. The monoisotopic (exact) mass is 304 g/mol. The van der Waals surface area contributed by atoms with Crippen LogP contribution in [0.2, 0.25) is 0 Å². The highest BCUT2D eigenvalue weighted by molar-refractivity contribution is 5.16. The van der Waals surface area contributed by atoms with E-state index in [0.29, 0.717) is 31.6 Å². The smallest absolute Gasteiger partial charge is 0.250 e. The summed E-state index contributed by atoms with van der Waals surface area (Å²) in [5, 5.41) is 10.1. The van der Waals surface area contributed by atoms with Crippen LogP contribution in [0.15, 0.2) is 35.6 Å². The maximum Gasteiger partial charge on any atom is 0.250 e.